The number of nitrogens with zero attached hydrogens (tertiary/aromatic N) is 2. The van der Waals surface area contributed by atoms with E-state index in [2.05, 4.69) is 25.7 Å². The summed E-state index contributed by atoms with van der Waals surface area (Å²) in [5, 5.41) is 0. The van der Waals surface area contributed by atoms with Crippen molar-refractivity contribution in [1.29, 1.82) is 0 Å². The summed E-state index contributed by atoms with van der Waals surface area (Å²) in [6.07, 6.45) is 0.221. The number of rotatable bonds is 4. The van der Waals surface area contributed by atoms with Crippen LogP contribution in [0.3, 0.4) is 0 Å². The molecule has 5 atom stereocenters. The topological polar surface area (TPSA) is 58.8 Å². The predicted octanol–water partition coefficient (Wildman–Crippen LogP) is 0.785. The molecule has 0 aromatic heterocycles. The fourth-order valence-corrected chi connectivity index (χ4v) is 3.57. The van der Waals surface area contributed by atoms with Gasteiger partial charge in [-0.05, 0) is 32.2 Å². The molecule has 5 nitrogen and oxygen atoms in total. The van der Waals surface area contributed by atoms with E-state index in [1.807, 2.05) is 11.8 Å². The molecule has 0 spiro atoms. The smallest absolute Gasteiger partial charge is 0.228 e. The number of carbonyl (C=O) groups is 1. The molecule has 0 aromatic carbocycles. The van der Waals surface area contributed by atoms with Crippen molar-refractivity contribution in [1.82, 2.24) is 9.80 Å². The molecule has 0 bridgehead atoms. The van der Waals surface area contributed by atoms with Crippen molar-refractivity contribution in [3.8, 4) is 0 Å². The van der Waals surface area contributed by atoms with Crippen molar-refractivity contribution >= 4 is 5.91 Å². The summed E-state index contributed by atoms with van der Waals surface area (Å²) < 4.78 is 5.81. The monoisotopic (exact) mass is 297 g/mol. The molecule has 2 saturated heterocycles. The number of ether oxygens (including phenoxy) is 1. The lowest BCUT2D eigenvalue weighted by molar-refractivity contribution is -0.139. The standard InChI is InChI=1S/C16H31N3O2/c1-11(9-17)10-18-5-7-19(8-6-18)16(20)15-12(2)13(3)21-14(15)4/h11-15H,5-10,17H2,1-4H3. The molecule has 5 heteroatoms. The molecule has 122 valence electrons. The molecular formula is C16H31N3O2. The highest BCUT2D eigenvalue weighted by Gasteiger charge is 2.43. The van der Waals surface area contributed by atoms with Crippen molar-refractivity contribution < 1.29 is 9.53 Å². The number of hydrogen-bond donors (Lipinski definition) is 1. The zero-order valence-corrected chi connectivity index (χ0v) is 13.9. The van der Waals surface area contributed by atoms with E-state index < -0.39 is 0 Å². The fourth-order valence-electron chi connectivity index (χ4n) is 3.57. The summed E-state index contributed by atoms with van der Waals surface area (Å²) in [4.78, 5) is 17.2. The molecule has 2 N–H and O–H groups in total. The SMILES string of the molecule is CC(CN)CN1CCN(C(=O)C2C(C)OC(C)C2C)CC1. The maximum atomic E-state index is 12.8. The van der Waals surface area contributed by atoms with Gasteiger partial charge in [-0.25, -0.2) is 0 Å². The molecule has 1 amide bonds. The van der Waals surface area contributed by atoms with Gasteiger partial charge in [0.2, 0.25) is 5.91 Å². The van der Waals surface area contributed by atoms with Crippen molar-refractivity contribution in [2.24, 2.45) is 23.5 Å². The molecule has 5 unspecified atom stereocenters. The molecule has 0 aromatic rings. The highest BCUT2D eigenvalue weighted by atomic mass is 16.5. The van der Waals surface area contributed by atoms with Crippen LogP contribution < -0.4 is 5.73 Å². The number of hydrogen-bond acceptors (Lipinski definition) is 4. The van der Waals surface area contributed by atoms with Crippen LogP contribution in [0.4, 0.5) is 0 Å². The van der Waals surface area contributed by atoms with Crippen molar-refractivity contribution in [2.45, 2.75) is 39.9 Å². The summed E-state index contributed by atoms with van der Waals surface area (Å²) in [5.74, 6) is 1.14. The minimum absolute atomic E-state index is 0.0227. The first-order valence-corrected chi connectivity index (χ1v) is 8.30. The van der Waals surface area contributed by atoms with Crippen molar-refractivity contribution in [3.05, 3.63) is 0 Å². The minimum atomic E-state index is 0.0227. The third kappa shape index (κ3) is 3.76. The number of carbonyl (C=O) groups excluding carboxylic acids is 1. The van der Waals surface area contributed by atoms with Crippen LogP contribution in [0.15, 0.2) is 0 Å². The van der Waals surface area contributed by atoms with Gasteiger partial charge in [-0.3, -0.25) is 9.69 Å². The van der Waals surface area contributed by atoms with E-state index in [9.17, 15) is 4.79 Å². The zero-order valence-electron chi connectivity index (χ0n) is 13.9. The second kappa shape index (κ2) is 7.07. The van der Waals surface area contributed by atoms with E-state index in [4.69, 9.17) is 10.5 Å². The van der Waals surface area contributed by atoms with Crippen LogP contribution in [0.2, 0.25) is 0 Å². The van der Waals surface area contributed by atoms with Crippen LogP contribution in [0, 0.1) is 17.8 Å². The molecule has 0 saturated carbocycles. The molecule has 2 aliphatic rings. The Morgan fingerprint density at radius 1 is 1.19 bits per heavy atom. The maximum absolute atomic E-state index is 12.8. The first kappa shape index (κ1) is 16.7. The Morgan fingerprint density at radius 3 is 2.29 bits per heavy atom. The van der Waals surface area contributed by atoms with Crippen molar-refractivity contribution in [3.63, 3.8) is 0 Å². The van der Waals surface area contributed by atoms with E-state index >= 15 is 0 Å². The van der Waals surface area contributed by atoms with E-state index in [0.717, 1.165) is 39.3 Å². The number of amides is 1. The third-order valence-corrected chi connectivity index (χ3v) is 5.18. The second-order valence-corrected chi connectivity index (χ2v) is 6.90. The van der Waals surface area contributed by atoms with E-state index in [0.29, 0.717) is 11.8 Å². The Kier molecular flexibility index (Phi) is 5.63. The number of piperazine rings is 1. The van der Waals surface area contributed by atoms with Gasteiger partial charge < -0.3 is 15.4 Å². The lowest BCUT2D eigenvalue weighted by Crippen LogP contribution is -2.52. The maximum Gasteiger partial charge on any atom is 0.228 e. The Hall–Kier alpha value is -0.650. The summed E-state index contributed by atoms with van der Waals surface area (Å²) in [7, 11) is 0. The van der Waals surface area contributed by atoms with Gasteiger partial charge in [0, 0.05) is 32.7 Å². The molecule has 21 heavy (non-hydrogen) atoms. The summed E-state index contributed by atoms with van der Waals surface area (Å²) >= 11 is 0. The Labute approximate surface area is 128 Å². The van der Waals surface area contributed by atoms with Crippen LogP contribution in [0.25, 0.3) is 0 Å². The van der Waals surface area contributed by atoms with Gasteiger partial charge in [0.1, 0.15) is 0 Å². The van der Waals surface area contributed by atoms with Gasteiger partial charge in [-0.2, -0.15) is 0 Å². The Morgan fingerprint density at radius 2 is 1.81 bits per heavy atom. The van der Waals surface area contributed by atoms with Crippen LogP contribution >= 0.6 is 0 Å². The van der Waals surface area contributed by atoms with Gasteiger partial charge in [0.15, 0.2) is 0 Å². The van der Waals surface area contributed by atoms with Gasteiger partial charge in [0.05, 0.1) is 18.1 Å². The predicted molar refractivity (Wildman–Crippen MR) is 83.9 cm³/mol. The Bertz CT molecular complexity index is 355. The average molecular weight is 297 g/mol. The third-order valence-electron chi connectivity index (χ3n) is 5.18. The summed E-state index contributed by atoms with van der Waals surface area (Å²) in [6.45, 7) is 13.8. The zero-order chi connectivity index (χ0) is 15.6. The van der Waals surface area contributed by atoms with Gasteiger partial charge >= 0.3 is 0 Å². The lowest BCUT2D eigenvalue weighted by Gasteiger charge is -2.37. The van der Waals surface area contributed by atoms with Crippen LogP contribution in [-0.4, -0.2) is 67.2 Å². The minimum Gasteiger partial charge on any atom is -0.374 e. The molecule has 2 rings (SSSR count). The molecule has 0 radical (unpaired) electrons. The average Bonchev–Trinajstić information content (AvgIpc) is 2.72. The van der Waals surface area contributed by atoms with E-state index in [1.165, 1.54) is 0 Å². The number of nitrogens with two attached hydrogens (primary N) is 1. The fraction of sp³-hybridized carbons (Fsp3) is 0.938. The second-order valence-electron chi connectivity index (χ2n) is 6.90. The van der Waals surface area contributed by atoms with Gasteiger partial charge in [0.25, 0.3) is 0 Å². The van der Waals surface area contributed by atoms with E-state index in [-0.39, 0.29) is 24.0 Å². The quantitative estimate of drug-likeness (QED) is 0.833. The van der Waals surface area contributed by atoms with Crippen molar-refractivity contribution in [2.75, 3.05) is 39.3 Å². The summed E-state index contributed by atoms with van der Waals surface area (Å²) in [6, 6.07) is 0. The first-order chi connectivity index (χ1) is 9.93. The molecular weight excluding hydrogens is 266 g/mol. The molecule has 2 fully saturated rings. The molecule has 0 aliphatic carbocycles. The lowest BCUT2D eigenvalue weighted by atomic mass is 9.88. The van der Waals surface area contributed by atoms with Crippen LogP contribution in [0.5, 0.6) is 0 Å². The highest BCUT2D eigenvalue weighted by Crippen LogP contribution is 2.33. The molecule has 2 heterocycles. The Balaban J connectivity index is 1.86. The van der Waals surface area contributed by atoms with Gasteiger partial charge in [-0.15, -0.1) is 0 Å². The summed E-state index contributed by atoms with van der Waals surface area (Å²) in [5.41, 5.74) is 5.69. The highest BCUT2D eigenvalue weighted by molar-refractivity contribution is 5.80. The van der Waals surface area contributed by atoms with Crippen LogP contribution in [0.1, 0.15) is 27.7 Å². The van der Waals surface area contributed by atoms with E-state index in [1.54, 1.807) is 0 Å². The normalized spacial score (nSPS) is 36.0. The molecule has 2 aliphatic heterocycles. The van der Waals surface area contributed by atoms with Crippen LogP contribution in [-0.2, 0) is 9.53 Å². The van der Waals surface area contributed by atoms with Gasteiger partial charge in [-0.1, -0.05) is 13.8 Å². The first-order valence-electron chi connectivity index (χ1n) is 8.30. The largest absolute Gasteiger partial charge is 0.374 e.